The summed E-state index contributed by atoms with van der Waals surface area (Å²) in [6.45, 7) is 1.83. The van der Waals surface area contributed by atoms with Crippen molar-refractivity contribution >= 4 is 29.0 Å². The number of halogens is 2. The lowest BCUT2D eigenvalue weighted by Crippen LogP contribution is -2.04. The second-order valence-electron chi connectivity index (χ2n) is 3.95. The van der Waals surface area contributed by atoms with Crippen molar-refractivity contribution in [2.24, 2.45) is 7.05 Å². The Hall–Kier alpha value is -1.39. The molecule has 0 aromatic carbocycles. The molecule has 0 N–H and O–H groups in total. The number of carbonyl (C=O) groups is 1. The molecule has 0 amide bonds. The average molecular weight is 284 g/mol. The maximum atomic E-state index is 12.1. The molecule has 0 unspecified atom stereocenters. The second-order valence-corrected chi connectivity index (χ2v) is 4.69. The predicted octanol–water partition coefficient (Wildman–Crippen LogP) is 2.86. The smallest absolute Gasteiger partial charge is 0.167 e. The van der Waals surface area contributed by atoms with Crippen LogP contribution in [0.25, 0.3) is 0 Å². The van der Waals surface area contributed by atoms with E-state index in [1.165, 1.54) is 6.20 Å². The van der Waals surface area contributed by atoms with Gasteiger partial charge >= 0.3 is 0 Å². The number of carbonyl (C=O) groups excluding carboxylic acids is 1. The molecule has 0 aliphatic carbocycles. The van der Waals surface area contributed by atoms with Gasteiger partial charge in [0.2, 0.25) is 0 Å². The Morgan fingerprint density at radius 3 is 2.72 bits per heavy atom. The van der Waals surface area contributed by atoms with Crippen LogP contribution in [0.4, 0.5) is 0 Å². The van der Waals surface area contributed by atoms with E-state index in [9.17, 15) is 4.79 Å². The lowest BCUT2D eigenvalue weighted by Gasteiger charge is -2.01. The van der Waals surface area contributed by atoms with E-state index in [0.29, 0.717) is 15.9 Å². The first-order chi connectivity index (χ1) is 8.49. The molecular formula is C12H11Cl2N3O. The quantitative estimate of drug-likeness (QED) is 0.643. The molecule has 4 nitrogen and oxygen atoms in total. The third-order valence-electron chi connectivity index (χ3n) is 2.66. The maximum absolute atomic E-state index is 12.1. The molecule has 0 radical (unpaired) electrons. The lowest BCUT2D eigenvalue weighted by molar-refractivity contribution is 0.0992. The Morgan fingerprint density at radius 1 is 1.44 bits per heavy atom. The number of hydrogen-bond donors (Lipinski definition) is 0. The molecule has 0 fully saturated rings. The minimum Gasteiger partial charge on any atom is -0.294 e. The molecule has 18 heavy (non-hydrogen) atoms. The first kappa shape index (κ1) is 13.1. The van der Waals surface area contributed by atoms with Gasteiger partial charge in [0, 0.05) is 30.8 Å². The van der Waals surface area contributed by atoms with Gasteiger partial charge in [0.25, 0.3) is 0 Å². The molecule has 2 aromatic heterocycles. The van der Waals surface area contributed by atoms with Crippen LogP contribution >= 0.6 is 23.2 Å². The number of nitrogens with zero attached hydrogens (tertiary/aromatic N) is 3. The van der Waals surface area contributed by atoms with Crippen LogP contribution in [0.15, 0.2) is 18.3 Å². The predicted molar refractivity (Wildman–Crippen MR) is 70.2 cm³/mol. The van der Waals surface area contributed by atoms with Crippen molar-refractivity contribution < 1.29 is 4.79 Å². The summed E-state index contributed by atoms with van der Waals surface area (Å²) in [6.07, 6.45) is 1.71. The number of rotatable bonds is 3. The van der Waals surface area contributed by atoms with Crippen LogP contribution in [-0.2, 0) is 13.5 Å². The number of aromatic nitrogens is 3. The molecule has 0 saturated heterocycles. The number of hydrogen-bond acceptors (Lipinski definition) is 3. The molecule has 94 valence electrons. The highest BCUT2D eigenvalue weighted by Gasteiger charge is 2.16. The molecule has 0 bridgehead atoms. The zero-order valence-electron chi connectivity index (χ0n) is 9.94. The number of aryl methyl sites for hydroxylation is 2. The van der Waals surface area contributed by atoms with Crippen LogP contribution in [0, 0.1) is 6.92 Å². The van der Waals surface area contributed by atoms with E-state index in [-0.39, 0.29) is 12.2 Å². The SMILES string of the molecule is Cc1nn(C)c(Cl)c1CC(=O)c1ccnc(Cl)c1. The number of pyridine rings is 1. The van der Waals surface area contributed by atoms with Crippen molar-refractivity contribution in [3.63, 3.8) is 0 Å². The van der Waals surface area contributed by atoms with Gasteiger partial charge in [-0.3, -0.25) is 9.48 Å². The van der Waals surface area contributed by atoms with Crippen molar-refractivity contribution in [2.75, 3.05) is 0 Å². The lowest BCUT2D eigenvalue weighted by atomic mass is 10.1. The van der Waals surface area contributed by atoms with Crippen LogP contribution in [0.1, 0.15) is 21.6 Å². The van der Waals surface area contributed by atoms with E-state index in [1.54, 1.807) is 23.9 Å². The molecule has 0 atom stereocenters. The van der Waals surface area contributed by atoms with Crippen LogP contribution in [-0.4, -0.2) is 20.5 Å². The summed E-state index contributed by atoms with van der Waals surface area (Å²) in [5, 5.41) is 4.96. The molecule has 2 heterocycles. The van der Waals surface area contributed by atoms with Gasteiger partial charge in [-0.05, 0) is 19.1 Å². The molecule has 0 aliphatic rings. The Balaban J connectivity index is 2.27. The Morgan fingerprint density at radius 2 is 2.17 bits per heavy atom. The molecule has 2 rings (SSSR count). The fraction of sp³-hybridized carbons (Fsp3) is 0.250. The maximum Gasteiger partial charge on any atom is 0.167 e. The molecular weight excluding hydrogens is 273 g/mol. The van der Waals surface area contributed by atoms with Crippen molar-refractivity contribution in [3.05, 3.63) is 45.5 Å². The molecule has 6 heteroatoms. The summed E-state index contributed by atoms with van der Waals surface area (Å²) in [5.41, 5.74) is 2.03. The molecule has 2 aromatic rings. The Bertz CT molecular complexity index is 607. The zero-order valence-corrected chi connectivity index (χ0v) is 11.5. The monoisotopic (exact) mass is 283 g/mol. The third-order valence-corrected chi connectivity index (χ3v) is 3.34. The van der Waals surface area contributed by atoms with E-state index in [0.717, 1.165) is 11.3 Å². The first-order valence-electron chi connectivity index (χ1n) is 5.31. The van der Waals surface area contributed by atoms with Gasteiger partial charge in [0.1, 0.15) is 10.3 Å². The van der Waals surface area contributed by atoms with E-state index in [2.05, 4.69) is 10.1 Å². The Labute approximate surface area is 115 Å². The fourth-order valence-corrected chi connectivity index (χ4v) is 2.13. The molecule has 0 saturated carbocycles. The highest BCUT2D eigenvalue weighted by molar-refractivity contribution is 6.31. The minimum absolute atomic E-state index is 0.0581. The second kappa shape index (κ2) is 5.08. The highest BCUT2D eigenvalue weighted by Crippen LogP contribution is 2.21. The van der Waals surface area contributed by atoms with Crippen LogP contribution in [0.2, 0.25) is 10.3 Å². The van der Waals surface area contributed by atoms with Gasteiger partial charge < -0.3 is 0 Å². The molecule has 0 aliphatic heterocycles. The first-order valence-corrected chi connectivity index (χ1v) is 6.07. The van der Waals surface area contributed by atoms with Crippen molar-refractivity contribution in [1.29, 1.82) is 0 Å². The van der Waals surface area contributed by atoms with Crippen LogP contribution in [0.3, 0.4) is 0 Å². The van der Waals surface area contributed by atoms with Gasteiger partial charge in [0.05, 0.1) is 5.69 Å². The summed E-state index contributed by atoms with van der Waals surface area (Å²) in [7, 11) is 1.74. The fourth-order valence-electron chi connectivity index (χ4n) is 1.71. The third kappa shape index (κ3) is 2.54. The largest absolute Gasteiger partial charge is 0.294 e. The van der Waals surface area contributed by atoms with E-state index < -0.39 is 0 Å². The van der Waals surface area contributed by atoms with E-state index >= 15 is 0 Å². The number of ketones is 1. The summed E-state index contributed by atoms with van der Waals surface area (Å²) in [5.74, 6) is -0.0581. The van der Waals surface area contributed by atoms with Gasteiger partial charge in [-0.25, -0.2) is 4.98 Å². The van der Waals surface area contributed by atoms with Crippen molar-refractivity contribution in [1.82, 2.24) is 14.8 Å². The summed E-state index contributed by atoms with van der Waals surface area (Å²) in [4.78, 5) is 15.9. The zero-order chi connectivity index (χ0) is 13.3. The van der Waals surface area contributed by atoms with Gasteiger partial charge in [0.15, 0.2) is 5.78 Å². The summed E-state index contributed by atoms with van der Waals surface area (Å²) in [6, 6.07) is 3.18. The normalized spacial score (nSPS) is 10.7. The summed E-state index contributed by atoms with van der Waals surface area (Å²) >= 11 is 11.8. The van der Waals surface area contributed by atoms with Crippen molar-refractivity contribution in [3.8, 4) is 0 Å². The van der Waals surface area contributed by atoms with Crippen LogP contribution < -0.4 is 0 Å². The van der Waals surface area contributed by atoms with Gasteiger partial charge in [-0.2, -0.15) is 5.10 Å². The highest BCUT2D eigenvalue weighted by atomic mass is 35.5. The minimum atomic E-state index is -0.0581. The van der Waals surface area contributed by atoms with E-state index in [1.807, 2.05) is 6.92 Å². The summed E-state index contributed by atoms with van der Waals surface area (Å²) < 4.78 is 1.55. The average Bonchev–Trinajstić information content (AvgIpc) is 2.56. The van der Waals surface area contributed by atoms with Gasteiger partial charge in [-0.15, -0.1) is 0 Å². The van der Waals surface area contributed by atoms with Gasteiger partial charge in [-0.1, -0.05) is 23.2 Å². The van der Waals surface area contributed by atoms with Crippen molar-refractivity contribution in [2.45, 2.75) is 13.3 Å². The molecule has 0 spiro atoms. The number of Topliss-reactive ketones (excluding diaryl/α,β-unsaturated/α-hetero) is 1. The standard InChI is InChI=1S/C12H11Cl2N3O/c1-7-9(12(14)17(2)16-7)6-10(18)8-3-4-15-11(13)5-8/h3-5H,6H2,1-2H3. The van der Waals surface area contributed by atoms with Crippen LogP contribution in [0.5, 0.6) is 0 Å². The topological polar surface area (TPSA) is 47.8 Å². The Kier molecular flexibility index (Phi) is 3.68. The van der Waals surface area contributed by atoms with E-state index in [4.69, 9.17) is 23.2 Å².